The molecule has 0 saturated carbocycles. The van der Waals surface area contributed by atoms with Gasteiger partial charge in [0.1, 0.15) is 17.5 Å². The number of ether oxygens (including phenoxy) is 1. The Kier molecular flexibility index (Phi) is 6.53. The maximum Gasteiger partial charge on any atom is 0.410 e. The summed E-state index contributed by atoms with van der Waals surface area (Å²) in [5, 5.41) is 12.3. The molecule has 0 saturated heterocycles. The zero-order valence-electron chi connectivity index (χ0n) is 20.0. The Morgan fingerprint density at radius 1 is 1.06 bits per heavy atom. The molecule has 2 N–H and O–H groups in total. The van der Waals surface area contributed by atoms with E-state index in [9.17, 15) is 19.5 Å². The van der Waals surface area contributed by atoms with E-state index in [1.807, 2.05) is 34.9 Å². The number of carbonyl (C=O) groups is 3. The summed E-state index contributed by atoms with van der Waals surface area (Å²) in [7, 11) is 0. The van der Waals surface area contributed by atoms with Gasteiger partial charge in [-0.3, -0.25) is 4.79 Å². The van der Waals surface area contributed by atoms with Gasteiger partial charge in [-0.05, 0) is 26.2 Å². The lowest BCUT2D eigenvalue weighted by Gasteiger charge is -2.32. The van der Waals surface area contributed by atoms with E-state index in [4.69, 9.17) is 4.74 Å². The Labute approximate surface area is 193 Å². The zero-order valence-corrected chi connectivity index (χ0v) is 20.0. The van der Waals surface area contributed by atoms with Crippen molar-refractivity contribution in [2.75, 3.05) is 6.54 Å². The molecule has 1 aliphatic rings. The first-order valence-corrected chi connectivity index (χ1v) is 10.9. The highest BCUT2D eigenvalue weighted by atomic mass is 16.6. The van der Waals surface area contributed by atoms with Gasteiger partial charge in [-0.25, -0.2) is 14.6 Å². The van der Waals surface area contributed by atoms with Crippen LogP contribution in [0.1, 0.15) is 57.7 Å². The lowest BCUT2D eigenvalue weighted by atomic mass is 9.86. The highest BCUT2D eigenvalue weighted by Crippen LogP contribution is 2.28. The van der Waals surface area contributed by atoms with Crippen LogP contribution in [-0.4, -0.2) is 55.7 Å². The number of nitrogens with zero attached hydrogens (tertiary/aromatic N) is 3. The van der Waals surface area contributed by atoms with E-state index in [0.717, 1.165) is 5.56 Å². The van der Waals surface area contributed by atoms with Crippen molar-refractivity contribution in [1.29, 1.82) is 0 Å². The Hall–Kier alpha value is -3.36. The molecule has 0 fully saturated rings. The van der Waals surface area contributed by atoms with Gasteiger partial charge in [0, 0.05) is 18.7 Å². The Morgan fingerprint density at radius 2 is 1.70 bits per heavy atom. The predicted molar refractivity (Wildman–Crippen MR) is 123 cm³/mol. The number of hydrogen-bond acceptors (Lipinski definition) is 5. The van der Waals surface area contributed by atoms with Gasteiger partial charge >= 0.3 is 12.1 Å². The first-order valence-electron chi connectivity index (χ1n) is 10.9. The molecule has 1 aliphatic heterocycles. The summed E-state index contributed by atoms with van der Waals surface area (Å²) in [4.78, 5) is 43.8. The average molecular weight is 457 g/mol. The Morgan fingerprint density at radius 3 is 2.24 bits per heavy atom. The van der Waals surface area contributed by atoms with E-state index in [1.54, 1.807) is 41.5 Å². The van der Waals surface area contributed by atoms with Crippen LogP contribution in [0.5, 0.6) is 0 Å². The third-order valence-electron chi connectivity index (χ3n) is 5.29. The van der Waals surface area contributed by atoms with Gasteiger partial charge in [0.25, 0.3) is 5.91 Å². The molecule has 33 heavy (non-hydrogen) atoms. The number of imidazole rings is 1. The van der Waals surface area contributed by atoms with Crippen LogP contribution in [0.25, 0.3) is 11.4 Å². The van der Waals surface area contributed by atoms with Gasteiger partial charge in [0.15, 0.2) is 5.69 Å². The van der Waals surface area contributed by atoms with E-state index in [0.29, 0.717) is 24.6 Å². The van der Waals surface area contributed by atoms with Crippen LogP contribution in [0.2, 0.25) is 0 Å². The lowest BCUT2D eigenvalue weighted by molar-refractivity contribution is -0.142. The number of carboxylic acid groups (broad SMARTS) is 1. The minimum Gasteiger partial charge on any atom is -0.480 e. The minimum absolute atomic E-state index is 0.109. The van der Waals surface area contributed by atoms with Crippen LogP contribution >= 0.6 is 0 Å². The van der Waals surface area contributed by atoms with Crippen molar-refractivity contribution < 1.29 is 24.2 Å². The van der Waals surface area contributed by atoms with Crippen LogP contribution in [0.15, 0.2) is 30.3 Å². The lowest BCUT2D eigenvalue weighted by Crippen LogP contribution is -2.49. The summed E-state index contributed by atoms with van der Waals surface area (Å²) in [6, 6.07) is 8.34. The van der Waals surface area contributed by atoms with Gasteiger partial charge in [-0.2, -0.15) is 0 Å². The largest absolute Gasteiger partial charge is 0.480 e. The number of nitrogens with one attached hydrogen (secondary N) is 1. The number of aliphatic carboxylic acids is 1. The average Bonchev–Trinajstić information content (AvgIpc) is 3.09. The van der Waals surface area contributed by atoms with Crippen LogP contribution in [0, 0.1) is 5.41 Å². The molecular formula is C24H32N4O5. The summed E-state index contributed by atoms with van der Waals surface area (Å²) >= 11 is 0. The number of carbonyl (C=O) groups excluding carboxylic acids is 2. The Balaban J connectivity index is 2.00. The SMILES string of the molecule is CC(C)(C)OC(=O)N1CCn2c(-c3ccccc3)nc(C(=O)N[C@H](C(=O)O)C(C)(C)C)c2C1. The van der Waals surface area contributed by atoms with E-state index in [-0.39, 0.29) is 12.2 Å². The molecule has 1 aromatic heterocycles. The van der Waals surface area contributed by atoms with Crippen LogP contribution < -0.4 is 5.32 Å². The van der Waals surface area contributed by atoms with Gasteiger partial charge < -0.3 is 24.6 Å². The highest BCUT2D eigenvalue weighted by molar-refractivity contribution is 5.97. The summed E-state index contributed by atoms with van der Waals surface area (Å²) in [6.07, 6.45) is -0.472. The van der Waals surface area contributed by atoms with Crippen LogP contribution in [0.3, 0.4) is 0 Å². The molecule has 3 rings (SSSR count). The van der Waals surface area contributed by atoms with Crippen molar-refractivity contribution in [3.05, 3.63) is 41.7 Å². The van der Waals surface area contributed by atoms with Crippen molar-refractivity contribution in [2.45, 2.75) is 66.3 Å². The number of aromatic nitrogens is 2. The molecule has 178 valence electrons. The van der Waals surface area contributed by atoms with Gasteiger partial charge in [0.2, 0.25) is 0 Å². The molecule has 9 heteroatoms. The van der Waals surface area contributed by atoms with E-state index in [2.05, 4.69) is 10.3 Å². The predicted octanol–water partition coefficient (Wildman–Crippen LogP) is 3.53. The fraction of sp³-hybridized carbons (Fsp3) is 0.500. The zero-order chi connectivity index (χ0) is 24.6. The number of benzene rings is 1. The van der Waals surface area contributed by atoms with Crippen molar-refractivity contribution in [3.8, 4) is 11.4 Å². The summed E-state index contributed by atoms with van der Waals surface area (Å²) in [5.74, 6) is -1.11. The highest BCUT2D eigenvalue weighted by Gasteiger charge is 2.36. The number of carboxylic acids is 1. The molecule has 0 radical (unpaired) electrons. The second kappa shape index (κ2) is 8.88. The molecule has 0 unspecified atom stereocenters. The molecule has 0 bridgehead atoms. The molecular weight excluding hydrogens is 424 g/mol. The first kappa shape index (κ1) is 24.3. The maximum atomic E-state index is 13.2. The van der Waals surface area contributed by atoms with Crippen molar-refractivity contribution in [1.82, 2.24) is 19.8 Å². The molecule has 0 spiro atoms. The topological polar surface area (TPSA) is 114 Å². The van der Waals surface area contributed by atoms with Crippen molar-refractivity contribution >= 4 is 18.0 Å². The second-order valence-electron chi connectivity index (χ2n) is 10.3. The maximum absolute atomic E-state index is 13.2. The monoisotopic (exact) mass is 456 g/mol. The van der Waals surface area contributed by atoms with Crippen LogP contribution in [0.4, 0.5) is 4.79 Å². The first-order chi connectivity index (χ1) is 15.3. The van der Waals surface area contributed by atoms with Crippen LogP contribution in [-0.2, 0) is 22.6 Å². The Bertz CT molecular complexity index is 1050. The van der Waals surface area contributed by atoms with E-state index in [1.165, 1.54) is 4.90 Å². The summed E-state index contributed by atoms with van der Waals surface area (Å²) in [6.45, 7) is 11.6. The van der Waals surface area contributed by atoms with Gasteiger partial charge in [0.05, 0.1) is 12.2 Å². The molecule has 2 amide bonds. The fourth-order valence-corrected chi connectivity index (χ4v) is 3.69. The summed E-state index contributed by atoms with van der Waals surface area (Å²) < 4.78 is 7.42. The second-order valence-corrected chi connectivity index (χ2v) is 10.3. The van der Waals surface area contributed by atoms with Crippen molar-refractivity contribution in [3.63, 3.8) is 0 Å². The molecule has 1 aromatic carbocycles. The van der Waals surface area contributed by atoms with E-state index < -0.39 is 35.0 Å². The van der Waals surface area contributed by atoms with E-state index >= 15 is 0 Å². The minimum atomic E-state index is -1.12. The third kappa shape index (κ3) is 5.53. The smallest absolute Gasteiger partial charge is 0.410 e. The number of rotatable bonds is 4. The quantitative estimate of drug-likeness (QED) is 0.728. The molecule has 9 nitrogen and oxygen atoms in total. The number of amides is 2. The standard InChI is InChI=1S/C24H32N4O5/c1-23(2,3)18(21(30)31)26-20(29)17-16-14-27(22(32)33-24(4,5)6)12-13-28(16)19(25-17)15-10-8-7-9-11-15/h7-11,18H,12-14H2,1-6H3,(H,26,29)(H,30,31)/t18-/m1/s1. The molecule has 2 heterocycles. The number of hydrogen-bond donors (Lipinski definition) is 2. The van der Waals surface area contributed by atoms with Gasteiger partial charge in [-0.15, -0.1) is 0 Å². The number of fused-ring (bicyclic) bond motifs is 1. The molecule has 2 aromatic rings. The molecule has 1 atom stereocenters. The van der Waals surface area contributed by atoms with Crippen molar-refractivity contribution in [2.24, 2.45) is 5.41 Å². The fourth-order valence-electron chi connectivity index (χ4n) is 3.69. The third-order valence-corrected chi connectivity index (χ3v) is 5.29. The normalized spacial score (nSPS) is 14.9. The van der Waals surface area contributed by atoms with Gasteiger partial charge in [-0.1, -0.05) is 51.1 Å². The molecule has 0 aliphatic carbocycles. The summed E-state index contributed by atoms with van der Waals surface area (Å²) in [5.41, 5.74) is 0.130.